The molecular formula is C15H22N2O2. The molecule has 0 radical (unpaired) electrons. The number of aromatic nitrogens is 1. The zero-order chi connectivity index (χ0) is 13.5. The summed E-state index contributed by atoms with van der Waals surface area (Å²) in [6.45, 7) is 0.485. The van der Waals surface area contributed by atoms with Crippen molar-refractivity contribution in [3.63, 3.8) is 0 Å². The van der Waals surface area contributed by atoms with Gasteiger partial charge in [0.25, 0.3) is 0 Å². The average molecular weight is 262 g/mol. The SMILES string of the molecule is O=C(Cc1cccnc1)N(CCO)C1CCCCC1. The molecule has 0 spiro atoms. The Hall–Kier alpha value is -1.42. The van der Waals surface area contributed by atoms with Crippen molar-refractivity contribution in [3.05, 3.63) is 30.1 Å². The number of nitrogens with zero attached hydrogens (tertiary/aromatic N) is 2. The van der Waals surface area contributed by atoms with Crippen LogP contribution in [0, 0.1) is 0 Å². The van der Waals surface area contributed by atoms with E-state index in [1.807, 2.05) is 17.0 Å². The summed E-state index contributed by atoms with van der Waals surface area (Å²) < 4.78 is 0. The molecule has 4 heteroatoms. The summed E-state index contributed by atoms with van der Waals surface area (Å²) in [5.41, 5.74) is 0.936. The Morgan fingerprint density at radius 1 is 1.37 bits per heavy atom. The van der Waals surface area contributed by atoms with Gasteiger partial charge in [-0.25, -0.2) is 0 Å². The molecule has 0 saturated heterocycles. The van der Waals surface area contributed by atoms with Gasteiger partial charge in [-0.05, 0) is 24.5 Å². The number of pyridine rings is 1. The van der Waals surface area contributed by atoms with Gasteiger partial charge in [-0.1, -0.05) is 25.3 Å². The molecule has 0 bridgehead atoms. The van der Waals surface area contributed by atoms with Gasteiger partial charge in [0.2, 0.25) is 5.91 Å². The first-order valence-electron chi connectivity index (χ1n) is 7.10. The molecule has 1 heterocycles. The van der Waals surface area contributed by atoms with Crippen molar-refractivity contribution in [3.8, 4) is 0 Å². The van der Waals surface area contributed by atoms with Gasteiger partial charge in [-0.3, -0.25) is 9.78 Å². The van der Waals surface area contributed by atoms with Crippen LogP contribution in [-0.4, -0.2) is 40.1 Å². The fourth-order valence-electron chi connectivity index (χ4n) is 2.79. The van der Waals surface area contributed by atoms with Gasteiger partial charge in [-0.2, -0.15) is 0 Å². The molecule has 1 aromatic heterocycles. The van der Waals surface area contributed by atoms with Crippen LogP contribution in [0.1, 0.15) is 37.7 Å². The molecule has 1 N–H and O–H groups in total. The van der Waals surface area contributed by atoms with Crippen molar-refractivity contribution in [2.75, 3.05) is 13.2 Å². The van der Waals surface area contributed by atoms with Crippen molar-refractivity contribution in [2.45, 2.75) is 44.6 Å². The van der Waals surface area contributed by atoms with E-state index >= 15 is 0 Å². The Kier molecular flexibility index (Phi) is 5.33. The minimum Gasteiger partial charge on any atom is -0.395 e. The van der Waals surface area contributed by atoms with E-state index in [9.17, 15) is 9.90 Å². The fraction of sp³-hybridized carbons (Fsp3) is 0.600. The molecule has 4 nitrogen and oxygen atoms in total. The number of carbonyl (C=O) groups excluding carboxylic acids is 1. The van der Waals surface area contributed by atoms with Crippen LogP contribution in [0.2, 0.25) is 0 Å². The van der Waals surface area contributed by atoms with Crippen molar-refractivity contribution >= 4 is 5.91 Å². The van der Waals surface area contributed by atoms with Gasteiger partial charge in [0.05, 0.1) is 13.0 Å². The van der Waals surface area contributed by atoms with Crippen LogP contribution in [0.5, 0.6) is 0 Å². The Morgan fingerprint density at radius 3 is 2.79 bits per heavy atom. The highest BCUT2D eigenvalue weighted by Gasteiger charge is 2.24. The minimum atomic E-state index is 0.0370. The van der Waals surface area contributed by atoms with E-state index in [4.69, 9.17) is 0 Å². The summed E-state index contributed by atoms with van der Waals surface area (Å²) in [4.78, 5) is 18.3. The van der Waals surface area contributed by atoms with Crippen LogP contribution in [0.15, 0.2) is 24.5 Å². The van der Waals surface area contributed by atoms with Crippen LogP contribution in [-0.2, 0) is 11.2 Å². The summed E-state index contributed by atoms with van der Waals surface area (Å²) in [7, 11) is 0. The van der Waals surface area contributed by atoms with Gasteiger partial charge in [0.15, 0.2) is 0 Å². The van der Waals surface area contributed by atoms with E-state index < -0.39 is 0 Å². The number of carbonyl (C=O) groups is 1. The molecule has 1 aliphatic rings. The van der Waals surface area contributed by atoms with E-state index in [-0.39, 0.29) is 12.5 Å². The Labute approximate surface area is 114 Å². The predicted octanol–water partition coefficient (Wildman–Crippen LogP) is 1.78. The standard InChI is InChI=1S/C15H22N2O2/c18-10-9-17(14-6-2-1-3-7-14)15(19)11-13-5-4-8-16-12-13/h4-5,8,12,14,18H,1-3,6-7,9-11H2. The number of amides is 1. The van der Waals surface area contributed by atoms with Gasteiger partial charge in [0.1, 0.15) is 0 Å². The van der Waals surface area contributed by atoms with Crippen LogP contribution < -0.4 is 0 Å². The van der Waals surface area contributed by atoms with Crippen LogP contribution in [0.3, 0.4) is 0 Å². The normalized spacial score (nSPS) is 16.3. The second kappa shape index (κ2) is 7.24. The third-order valence-electron chi connectivity index (χ3n) is 3.75. The summed E-state index contributed by atoms with van der Waals surface area (Å²) >= 11 is 0. The lowest BCUT2D eigenvalue weighted by atomic mass is 9.94. The molecule has 104 valence electrons. The molecule has 1 aliphatic carbocycles. The van der Waals surface area contributed by atoms with Crippen molar-refractivity contribution in [1.82, 2.24) is 9.88 Å². The highest BCUT2D eigenvalue weighted by molar-refractivity contribution is 5.79. The Bertz CT molecular complexity index is 388. The van der Waals surface area contributed by atoms with Crippen LogP contribution in [0.4, 0.5) is 0 Å². The zero-order valence-corrected chi connectivity index (χ0v) is 11.3. The Morgan fingerprint density at radius 2 is 2.16 bits per heavy atom. The third kappa shape index (κ3) is 4.03. The smallest absolute Gasteiger partial charge is 0.227 e. The summed E-state index contributed by atoms with van der Waals surface area (Å²) in [6, 6.07) is 4.08. The number of hydrogen-bond acceptors (Lipinski definition) is 3. The maximum Gasteiger partial charge on any atom is 0.227 e. The molecule has 1 saturated carbocycles. The number of rotatable bonds is 5. The topological polar surface area (TPSA) is 53.4 Å². The highest BCUT2D eigenvalue weighted by Crippen LogP contribution is 2.23. The largest absolute Gasteiger partial charge is 0.395 e. The fourth-order valence-corrected chi connectivity index (χ4v) is 2.79. The van der Waals surface area contributed by atoms with Crippen LogP contribution in [0.25, 0.3) is 0 Å². The maximum atomic E-state index is 12.4. The summed E-state index contributed by atoms with van der Waals surface area (Å²) in [5.74, 6) is 0.106. The summed E-state index contributed by atoms with van der Waals surface area (Å²) in [5, 5.41) is 9.18. The second-order valence-electron chi connectivity index (χ2n) is 5.14. The van der Waals surface area contributed by atoms with Crippen molar-refractivity contribution < 1.29 is 9.90 Å². The molecule has 0 unspecified atom stereocenters. The molecule has 0 aliphatic heterocycles. The average Bonchev–Trinajstić information content (AvgIpc) is 2.46. The number of aliphatic hydroxyl groups is 1. The first kappa shape index (κ1) is 14.0. The number of aliphatic hydroxyl groups excluding tert-OH is 1. The van der Waals surface area contributed by atoms with E-state index in [0.717, 1.165) is 18.4 Å². The molecule has 1 amide bonds. The van der Waals surface area contributed by atoms with Gasteiger partial charge in [0, 0.05) is 25.0 Å². The Balaban J connectivity index is 1.99. The van der Waals surface area contributed by atoms with E-state index in [2.05, 4.69) is 4.98 Å². The molecule has 2 rings (SSSR count). The maximum absolute atomic E-state index is 12.4. The highest BCUT2D eigenvalue weighted by atomic mass is 16.3. The quantitative estimate of drug-likeness (QED) is 0.880. The van der Waals surface area contributed by atoms with Crippen LogP contribution >= 0.6 is 0 Å². The van der Waals surface area contributed by atoms with Gasteiger partial charge >= 0.3 is 0 Å². The molecule has 0 aromatic carbocycles. The van der Waals surface area contributed by atoms with Gasteiger partial charge in [-0.15, -0.1) is 0 Å². The van der Waals surface area contributed by atoms with Crippen molar-refractivity contribution in [2.24, 2.45) is 0 Å². The minimum absolute atomic E-state index is 0.0370. The predicted molar refractivity (Wildman–Crippen MR) is 73.6 cm³/mol. The zero-order valence-electron chi connectivity index (χ0n) is 11.3. The van der Waals surface area contributed by atoms with Gasteiger partial charge < -0.3 is 10.0 Å². The molecule has 0 atom stereocenters. The molecule has 19 heavy (non-hydrogen) atoms. The first-order chi connectivity index (χ1) is 9.31. The lowest BCUT2D eigenvalue weighted by Crippen LogP contribution is -2.43. The third-order valence-corrected chi connectivity index (χ3v) is 3.75. The molecule has 1 fully saturated rings. The van der Waals surface area contributed by atoms with Crippen molar-refractivity contribution in [1.29, 1.82) is 0 Å². The first-order valence-corrected chi connectivity index (χ1v) is 7.10. The number of hydrogen-bond donors (Lipinski definition) is 1. The van der Waals surface area contributed by atoms with E-state index in [0.29, 0.717) is 19.0 Å². The van der Waals surface area contributed by atoms with E-state index in [1.54, 1.807) is 12.4 Å². The lowest BCUT2D eigenvalue weighted by molar-refractivity contribution is -0.134. The molecular weight excluding hydrogens is 240 g/mol. The van der Waals surface area contributed by atoms with E-state index in [1.165, 1.54) is 19.3 Å². The second-order valence-corrected chi connectivity index (χ2v) is 5.14. The lowest BCUT2D eigenvalue weighted by Gasteiger charge is -2.34. The monoisotopic (exact) mass is 262 g/mol. The molecule has 1 aromatic rings. The summed E-state index contributed by atoms with van der Waals surface area (Å²) in [6.07, 6.45) is 9.60.